The summed E-state index contributed by atoms with van der Waals surface area (Å²) >= 11 is 0. The minimum absolute atomic E-state index is 0.0373. The van der Waals surface area contributed by atoms with Gasteiger partial charge in [0.15, 0.2) is 0 Å². The van der Waals surface area contributed by atoms with E-state index in [1.54, 1.807) is 35.8 Å². The molecule has 69 heavy (non-hydrogen) atoms. The van der Waals surface area contributed by atoms with Crippen LogP contribution in [0.15, 0.2) is 0 Å². The molecule has 0 rings (SSSR count). The largest absolute Gasteiger partial charge is 0.381 e. The fourth-order valence-electron chi connectivity index (χ4n) is 8.69. The first-order chi connectivity index (χ1) is 33.0. The smallest absolute Gasteiger partial charge is 0.232 e. The Morgan fingerprint density at radius 1 is 0.362 bits per heavy atom. The molecule has 0 fully saturated rings. The fraction of sp³-hybridized carbons (Fsp3) is 0.889. The van der Waals surface area contributed by atoms with Gasteiger partial charge < -0.3 is 43.6 Å². The van der Waals surface area contributed by atoms with Gasteiger partial charge in [0.05, 0.1) is 19.8 Å². The maximum Gasteiger partial charge on any atom is 0.232 e. The van der Waals surface area contributed by atoms with Crippen molar-refractivity contribution in [3.8, 4) is 0 Å². The first-order valence-corrected chi connectivity index (χ1v) is 27.4. The minimum Gasteiger partial charge on any atom is -0.381 e. The molecule has 0 aliphatic heterocycles. The molecule has 6 amide bonds. The number of ether oxygens (including phenoxy) is 3. The molecule has 0 saturated carbocycles. The predicted molar refractivity (Wildman–Crippen MR) is 279 cm³/mol. The van der Waals surface area contributed by atoms with Crippen molar-refractivity contribution >= 4 is 35.4 Å². The van der Waals surface area contributed by atoms with Crippen molar-refractivity contribution in [1.29, 1.82) is 0 Å². The van der Waals surface area contributed by atoms with Crippen LogP contribution in [0.25, 0.3) is 0 Å². The number of carbonyl (C=O) groups is 6. The summed E-state index contributed by atoms with van der Waals surface area (Å²) in [5.41, 5.74) is -0.499. The maximum atomic E-state index is 13.5. The molecule has 15 nitrogen and oxygen atoms in total. The van der Waals surface area contributed by atoms with Gasteiger partial charge in [0.25, 0.3) is 0 Å². The molecule has 0 aliphatic carbocycles. The number of hydrogen-bond acceptors (Lipinski definition) is 9. The third kappa shape index (κ3) is 26.1. The molecule has 15 heteroatoms. The number of unbranched alkanes of at least 4 members (excludes halogenated alkanes) is 3. The molecule has 0 bridgehead atoms. The van der Waals surface area contributed by atoms with Crippen molar-refractivity contribution < 1.29 is 43.0 Å². The molecule has 0 aliphatic rings. The van der Waals surface area contributed by atoms with Gasteiger partial charge in [-0.25, -0.2) is 0 Å². The van der Waals surface area contributed by atoms with Crippen molar-refractivity contribution in [2.75, 3.05) is 100 Å². The van der Waals surface area contributed by atoms with Crippen molar-refractivity contribution in [2.45, 2.75) is 209 Å². The fourth-order valence-corrected chi connectivity index (χ4v) is 8.69. The molecule has 0 radical (unpaired) electrons. The maximum absolute atomic E-state index is 13.5. The van der Waals surface area contributed by atoms with Crippen LogP contribution in [0.3, 0.4) is 0 Å². The van der Waals surface area contributed by atoms with E-state index in [1.165, 1.54) is 0 Å². The predicted octanol–water partition coefficient (Wildman–Crippen LogP) is 8.60. The second-order valence-electron chi connectivity index (χ2n) is 19.3. The van der Waals surface area contributed by atoms with Crippen molar-refractivity contribution in [3.05, 3.63) is 0 Å². The van der Waals surface area contributed by atoms with Gasteiger partial charge in [-0.2, -0.15) is 0 Å². The Kier molecular flexibility index (Phi) is 37.5. The summed E-state index contributed by atoms with van der Waals surface area (Å²) in [5, 5.41) is 0. The van der Waals surface area contributed by atoms with Gasteiger partial charge in [-0.05, 0) is 83.5 Å². The van der Waals surface area contributed by atoms with Crippen molar-refractivity contribution in [2.24, 2.45) is 5.41 Å². The summed E-state index contributed by atoms with van der Waals surface area (Å²) in [6, 6.07) is 0.112. The average Bonchev–Trinajstić information content (AvgIpc) is 3.34. The minimum atomic E-state index is -0.499. The third-order valence-corrected chi connectivity index (χ3v) is 13.9. The zero-order valence-electron chi connectivity index (χ0n) is 46.5. The van der Waals surface area contributed by atoms with Gasteiger partial charge in [-0.3, -0.25) is 28.8 Å². The molecule has 0 atom stereocenters. The highest BCUT2D eigenvalue weighted by Crippen LogP contribution is 2.25. The van der Waals surface area contributed by atoms with E-state index in [-0.39, 0.29) is 72.8 Å². The van der Waals surface area contributed by atoms with E-state index < -0.39 is 5.41 Å². The number of amides is 6. The van der Waals surface area contributed by atoms with Crippen LogP contribution in [-0.2, 0) is 43.0 Å². The van der Waals surface area contributed by atoms with Crippen LogP contribution in [0.4, 0.5) is 0 Å². The first-order valence-electron chi connectivity index (χ1n) is 27.4. The summed E-state index contributed by atoms with van der Waals surface area (Å²) < 4.78 is 19.2. The van der Waals surface area contributed by atoms with E-state index in [4.69, 9.17) is 14.2 Å². The second-order valence-corrected chi connectivity index (χ2v) is 19.3. The lowest BCUT2D eigenvalue weighted by Crippen LogP contribution is -2.44. The van der Waals surface area contributed by atoms with Crippen LogP contribution in [0.1, 0.15) is 191 Å². The first kappa shape index (κ1) is 65.7. The van der Waals surface area contributed by atoms with Gasteiger partial charge in [-0.1, -0.05) is 88.5 Å². The molecule has 0 saturated heterocycles. The van der Waals surface area contributed by atoms with E-state index in [9.17, 15) is 28.8 Å². The van der Waals surface area contributed by atoms with Crippen LogP contribution in [0.5, 0.6) is 0 Å². The lowest BCUT2D eigenvalue weighted by molar-refractivity contribution is -0.143. The summed E-state index contributed by atoms with van der Waals surface area (Å²) in [7, 11) is 5.29. The van der Waals surface area contributed by atoms with Gasteiger partial charge in [-0.15, -0.1) is 0 Å². The van der Waals surface area contributed by atoms with Crippen molar-refractivity contribution in [3.63, 3.8) is 0 Å². The summed E-state index contributed by atoms with van der Waals surface area (Å²) in [4.78, 5) is 90.0. The Labute approximate surface area is 421 Å². The van der Waals surface area contributed by atoms with Crippen LogP contribution in [0, 0.1) is 5.41 Å². The normalized spacial score (nSPS) is 11.7. The standard InChI is InChI=1S/C54H104N6O9/c1-14-24-30-55(11)48(61)39-51(64)58(45(17-4)18-5)33-27-36-67-42-54(23-10,43-68-37-28-34-59(46(19-6)20-7)52(65)40-49(62)56(12)31-25-15-2)44-69-38-29-35-60(47(21-8)22-9)53(66)41-50(63)57(13)32-26-16-3/h45-47H,14-44H2,1-13H3. The Balaban J connectivity index is 6.04. The van der Waals surface area contributed by atoms with Crippen LogP contribution < -0.4 is 0 Å². The Hall–Kier alpha value is -3.30. The van der Waals surface area contributed by atoms with Crippen LogP contribution in [-0.4, -0.2) is 183 Å². The lowest BCUT2D eigenvalue weighted by Gasteiger charge is -2.34. The molecule has 0 heterocycles. The highest BCUT2D eigenvalue weighted by Gasteiger charge is 2.32. The van der Waals surface area contributed by atoms with Crippen LogP contribution >= 0.6 is 0 Å². The summed E-state index contributed by atoms with van der Waals surface area (Å²) in [5.74, 6) is -0.897. The quantitative estimate of drug-likeness (QED) is 0.0433. The summed E-state index contributed by atoms with van der Waals surface area (Å²) in [6.07, 6.45) is 12.5. The Morgan fingerprint density at radius 2 is 0.609 bits per heavy atom. The highest BCUT2D eigenvalue weighted by atomic mass is 16.5. The molecule has 0 aromatic rings. The molecule has 0 aromatic carbocycles. The number of nitrogens with zero attached hydrogens (tertiary/aromatic N) is 6. The van der Waals surface area contributed by atoms with E-state index in [0.29, 0.717) is 105 Å². The Morgan fingerprint density at radius 3 is 0.812 bits per heavy atom. The highest BCUT2D eigenvalue weighted by molar-refractivity contribution is 5.98. The van der Waals surface area contributed by atoms with E-state index in [0.717, 1.165) is 77.0 Å². The number of rotatable bonds is 43. The number of hydrogen-bond donors (Lipinski definition) is 0. The van der Waals surface area contributed by atoms with Gasteiger partial charge in [0.2, 0.25) is 35.4 Å². The second kappa shape index (κ2) is 39.3. The van der Waals surface area contributed by atoms with Gasteiger partial charge >= 0.3 is 0 Å². The molecule has 0 N–H and O–H groups in total. The molecule has 0 unspecified atom stereocenters. The molecular weight excluding hydrogens is 877 g/mol. The molecule has 404 valence electrons. The summed E-state index contributed by atoms with van der Waals surface area (Å²) in [6.45, 7) is 26.5. The van der Waals surface area contributed by atoms with E-state index >= 15 is 0 Å². The molecule has 0 aromatic heterocycles. The zero-order valence-corrected chi connectivity index (χ0v) is 46.5. The topological polar surface area (TPSA) is 150 Å². The Bertz CT molecular complexity index is 1250. The SMILES string of the molecule is CCCCN(C)C(=O)CC(=O)N(CCCOCC(CC)(COCCCN(C(=O)CC(=O)N(C)CCCC)C(CC)CC)COCCCN(C(=O)CC(=O)N(C)CCCC)C(CC)CC)C(CC)CC. The van der Waals surface area contributed by atoms with Crippen LogP contribution in [0.2, 0.25) is 0 Å². The van der Waals surface area contributed by atoms with E-state index in [2.05, 4.69) is 69.2 Å². The van der Waals surface area contributed by atoms with E-state index in [1.807, 2.05) is 14.7 Å². The van der Waals surface area contributed by atoms with Gasteiger partial charge in [0, 0.05) is 104 Å². The van der Waals surface area contributed by atoms with Gasteiger partial charge in [0.1, 0.15) is 19.3 Å². The lowest BCUT2D eigenvalue weighted by atomic mass is 9.88. The molecule has 0 spiro atoms. The average molecular weight is 981 g/mol. The number of carbonyl (C=O) groups excluding carboxylic acids is 6. The third-order valence-electron chi connectivity index (χ3n) is 13.9. The van der Waals surface area contributed by atoms with Crippen molar-refractivity contribution in [1.82, 2.24) is 29.4 Å². The molecular formula is C54H104N6O9. The zero-order chi connectivity index (χ0) is 52.2. The monoisotopic (exact) mass is 981 g/mol.